The van der Waals surface area contributed by atoms with Crippen molar-refractivity contribution in [2.45, 2.75) is 6.92 Å². The molecular weight excluding hydrogens is 461 g/mol. The van der Waals surface area contributed by atoms with Crippen molar-refractivity contribution in [3.63, 3.8) is 0 Å². The van der Waals surface area contributed by atoms with Gasteiger partial charge in [-0.05, 0) is 53.9 Å². The number of thiazole rings is 1. The number of carboxylic acids is 1. The Morgan fingerprint density at radius 2 is 1.67 bits per heavy atom. The summed E-state index contributed by atoms with van der Waals surface area (Å²) in [5, 5.41) is 13.9. The van der Waals surface area contributed by atoms with Crippen LogP contribution in [0, 0.1) is 6.92 Å². The molecule has 0 radical (unpaired) electrons. The van der Waals surface area contributed by atoms with Crippen LogP contribution in [-0.4, -0.2) is 16.1 Å². The quantitative estimate of drug-likeness (QED) is 0.325. The summed E-state index contributed by atoms with van der Waals surface area (Å²) in [7, 11) is 0. The molecule has 0 amide bonds. The van der Waals surface area contributed by atoms with Gasteiger partial charge in [-0.2, -0.15) is 0 Å². The Kier molecular flexibility index (Phi) is 5.85. The summed E-state index contributed by atoms with van der Waals surface area (Å²) in [6, 6.07) is 16.1. The predicted molar refractivity (Wildman–Crippen MR) is 125 cm³/mol. The van der Waals surface area contributed by atoms with E-state index in [4.69, 9.17) is 34.8 Å². The summed E-state index contributed by atoms with van der Waals surface area (Å²) in [5.41, 5.74) is 4.88. The van der Waals surface area contributed by atoms with E-state index in [0.29, 0.717) is 25.6 Å². The number of aryl methyl sites for hydroxylation is 1. The van der Waals surface area contributed by atoms with Crippen molar-refractivity contribution in [1.29, 1.82) is 0 Å². The lowest BCUT2D eigenvalue weighted by Crippen LogP contribution is -2.01. The molecule has 4 aromatic rings. The van der Waals surface area contributed by atoms with Crippen molar-refractivity contribution in [3.8, 4) is 33.0 Å². The van der Waals surface area contributed by atoms with Gasteiger partial charge in [0.05, 0.1) is 21.3 Å². The van der Waals surface area contributed by atoms with Crippen LogP contribution in [0.3, 0.4) is 0 Å². The first-order chi connectivity index (χ1) is 14.3. The molecular formula is C23H14Cl3NO2S. The van der Waals surface area contributed by atoms with Gasteiger partial charge in [-0.3, -0.25) is 0 Å². The van der Waals surface area contributed by atoms with E-state index >= 15 is 0 Å². The minimum atomic E-state index is -1.01. The van der Waals surface area contributed by atoms with Crippen LogP contribution in [0.15, 0.2) is 60.0 Å². The monoisotopic (exact) mass is 473 g/mol. The molecule has 1 aromatic heterocycles. The topological polar surface area (TPSA) is 50.2 Å². The van der Waals surface area contributed by atoms with Crippen molar-refractivity contribution in [3.05, 3.63) is 86.2 Å². The lowest BCUT2D eigenvalue weighted by Gasteiger charge is -2.11. The molecule has 4 rings (SSSR count). The van der Waals surface area contributed by atoms with Gasteiger partial charge in [-0.1, -0.05) is 59.1 Å². The van der Waals surface area contributed by atoms with Crippen LogP contribution >= 0.6 is 46.1 Å². The summed E-state index contributed by atoms with van der Waals surface area (Å²) < 4.78 is 0. The Morgan fingerprint density at radius 3 is 2.40 bits per heavy atom. The zero-order valence-electron chi connectivity index (χ0n) is 15.6. The van der Waals surface area contributed by atoms with Gasteiger partial charge < -0.3 is 5.11 Å². The van der Waals surface area contributed by atoms with Crippen LogP contribution < -0.4 is 0 Å². The molecule has 30 heavy (non-hydrogen) atoms. The van der Waals surface area contributed by atoms with E-state index < -0.39 is 5.97 Å². The Morgan fingerprint density at radius 1 is 0.900 bits per heavy atom. The number of hydrogen-bond donors (Lipinski definition) is 1. The fraction of sp³-hybridized carbons (Fsp3) is 0.0435. The first-order valence-corrected chi connectivity index (χ1v) is 10.9. The van der Waals surface area contributed by atoms with E-state index in [1.807, 2.05) is 30.5 Å². The first kappa shape index (κ1) is 20.9. The molecule has 3 nitrogen and oxygen atoms in total. The molecule has 0 aliphatic heterocycles. The van der Waals surface area contributed by atoms with E-state index in [1.54, 1.807) is 36.4 Å². The van der Waals surface area contributed by atoms with Crippen molar-refractivity contribution >= 4 is 52.1 Å². The Labute approximate surface area is 192 Å². The lowest BCUT2D eigenvalue weighted by atomic mass is 9.94. The molecule has 150 valence electrons. The molecule has 0 spiro atoms. The zero-order chi connectivity index (χ0) is 21.4. The SMILES string of the molecule is Cc1ccc(Cl)cc1-c1ccc(-c2nc(-c3ccc(Cl)c(Cl)c3)cs2)cc1C(=O)O. The van der Waals surface area contributed by atoms with Crippen LogP contribution in [0.25, 0.3) is 33.0 Å². The summed E-state index contributed by atoms with van der Waals surface area (Å²) in [4.78, 5) is 16.7. The minimum Gasteiger partial charge on any atom is -0.478 e. The third kappa shape index (κ3) is 4.09. The van der Waals surface area contributed by atoms with Crippen LogP contribution in [0.2, 0.25) is 15.1 Å². The highest BCUT2D eigenvalue weighted by Crippen LogP contribution is 2.35. The van der Waals surface area contributed by atoms with Gasteiger partial charge in [0, 0.05) is 21.5 Å². The highest BCUT2D eigenvalue weighted by Gasteiger charge is 2.17. The average Bonchev–Trinajstić information content (AvgIpc) is 3.21. The molecule has 1 heterocycles. The molecule has 0 fully saturated rings. The molecule has 0 saturated heterocycles. The number of benzene rings is 3. The van der Waals surface area contributed by atoms with E-state index in [2.05, 4.69) is 4.98 Å². The third-order valence-corrected chi connectivity index (χ3v) is 6.57. The second kappa shape index (κ2) is 8.40. The first-order valence-electron chi connectivity index (χ1n) is 8.88. The summed E-state index contributed by atoms with van der Waals surface area (Å²) in [5.74, 6) is -1.01. The Balaban J connectivity index is 1.77. The Bertz CT molecular complexity index is 1280. The molecule has 3 aromatic carbocycles. The highest BCUT2D eigenvalue weighted by atomic mass is 35.5. The standard InChI is InChI=1S/C23H14Cl3NO2S/c1-12-2-5-15(24)10-17(12)16-6-3-14(8-18(16)23(28)29)22-27-21(11-30-22)13-4-7-19(25)20(26)9-13/h2-11H,1H3,(H,28,29). The number of halogens is 3. The second-order valence-electron chi connectivity index (χ2n) is 6.69. The predicted octanol–water partition coefficient (Wildman–Crippen LogP) is 8.11. The van der Waals surface area contributed by atoms with Gasteiger partial charge in [0.1, 0.15) is 5.01 Å². The van der Waals surface area contributed by atoms with Crippen molar-refractivity contribution < 1.29 is 9.90 Å². The van der Waals surface area contributed by atoms with E-state index in [-0.39, 0.29) is 5.56 Å². The number of nitrogens with zero attached hydrogens (tertiary/aromatic N) is 1. The largest absolute Gasteiger partial charge is 0.478 e. The van der Waals surface area contributed by atoms with Gasteiger partial charge in [0.15, 0.2) is 0 Å². The smallest absolute Gasteiger partial charge is 0.336 e. The summed E-state index contributed by atoms with van der Waals surface area (Å²) in [6.07, 6.45) is 0. The molecule has 1 N–H and O–H groups in total. The third-order valence-electron chi connectivity index (χ3n) is 4.71. The zero-order valence-corrected chi connectivity index (χ0v) is 18.7. The maximum atomic E-state index is 12.0. The lowest BCUT2D eigenvalue weighted by molar-refractivity contribution is 0.0698. The van der Waals surface area contributed by atoms with Crippen LogP contribution in [-0.2, 0) is 0 Å². The maximum Gasteiger partial charge on any atom is 0.336 e. The number of carbonyl (C=O) groups is 1. The molecule has 0 bridgehead atoms. The van der Waals surface area contributed by atoms with Gasteiger partial charge in [-0.25, -0.2) is 9.78 Å². The highest BCUT2D eigenvalue weighted by molar-refractivity contribution is 7.13. The van der Waals surface area contributed by atoms with Crippen LogP contribution in [0.5, 0.6) is 0 Å². The molecule has 7 heteroatoms. The normalized spacial score (nSPS) is 10.9. The molecule has 0 atom stereocenters. The van der Waals surface area contributed by atoms with E-state index in [9.17, 15) is 9.90 Å². The second-order valence-corrected chi connectivity index (χ2v) is 8.80. The van der Waals surface area contributed by atoms with Gasteiger partial charge in [-0.15, -0.1) is 11.3 Å². The summed E-state index contributed by atoms with van der Waals surface area (Å²) in [6.45, 7) is 1.93. The molecule has 0 aliphatic rings. The van der Waals surface area contributed by atoms with Crippen molar-refractivity contribution in [2.24, 2.45) is 0 Å². The maximum absolute atomic E-state index is 12.0. The van der Waals surface area contributed by atoms with Gasteiger partial charge in [0.2, 0.25) is 0 Å². The van der Waals surface area contributed by atoms with Crippen molar-refractivity contribution in [1.82, 2.24) is 4.98 Å². The van der Waals surface area contributed by atoms with Gasteiger partial charge >= 0.3 is 5.97 Å². The Hall–Kier alpha value is -2.37. The fourth-order valence-electron chi connectivity index (χ4n) is 3.17. The molecule has 0 saturated carbocycles. The van der Waals surface area contributed by atoms with E-state index in [0.717, 1.165) is 27.9 Å². The fourth-order valence-corrected chi connectivity index (χ4v) is 4.46. The van der Waals surface area contributed by atoms with Crippen LogP contribution in [0.4, 0.5) is 0 Å². The van der Waals surface area contributed by atoms with Gasteiger partial charge in [0.25, 0.3) is 0 Å². The van der Waals surface area contributed by atoms with E-state index in [1.165, 1.54) is 11.3 Å². The number of aromatic nitrogens is 1. The van der Waals surface area contributed by atoms with Crippen molar-refractivity contribution in [2.75, 3.05) is 0 Å². The molecule has 0 unspecified atom stereocenters. The van der Waals surface area contributed by atoms with Crippen LogP contribution in [0.1, 0.15) is 15.9 Å². The summed E-state index contributed by atoms with van der Waals surface area (Å²) >= 11 is 19.7. The number of carboxylic acid groups (broad SMARTS) is 1. The number of rotatable bonds is 4. The number of aromatic carboxylic acids is 1. The number of hydrogen-bond acceptors (Lipinski definition) is 3. The average molecular weight is 475 g/mol. The minimum absolute atomic E-state index is 0.198. The molecule has 0 aliphatic carbocycles.